The van der Waals surface area contributed by atoms with Crippen molar-refractivity contribution in [2.75, 3.05) is 12.5 Å². The molecule has 1 aromatic rings. The molecule has 4 heteroatoms. The number of ether oxygens (including phenoxy) is 2. The number of rotatable bonds is 2. The average Bonchev–Trinajstić information content (AvgIpc) is 2.75. The molecule has 0 bridgehead atoms. The van der Waals surface area contributed by atoms with Crippen LogP contribution in [0.1, 0.15) is 11.9 Å². The quantitative estimate of drug-likeness (QED) is 0.665. The van der Waals surface area contributed by atoms with Gasteiger partial charge in [-0.25, -0.2) is 0 Å². The van der Waals surface area contributed by atoms with Crippen LogP contribution >= 0.6 is 11.6 Å². The molecule has 0 N–H and O–H groups in total. The van der Waals surface area contributed by atoms with Crippen LogP contribution in [0.15, 0.2) is 23.0 Å². The third-order valence-electron chi connectivity index (χ3n) is 1.74. The van der Waals surface area contributed by atoms with E-state index in [1.807, 2.05) is 6.07 Å². The van der Waals surface area contributed by atoms with Gasteiger partial charge in [0.15, 0.2) is 6.29 Å². The van der Waals surface area contributed by atoms with Crippen LogP contribution in [0.2, 0.25) is 0 Å². The summed E-state index contributed by atoms with van der Waals surface area (Å²) in [6.45, 7) is 0.555. The highest BCUT2D eigenvalue weighted by molar-refractivity contribution is 6.18. The topological polar surface area (TPSA) is 31.6 Å². The molecule has 2 heterocycles. The zero-order valence-electron chi connectivity index (χ0n) is 6.40. The highest BCUT2D eigenvalue weighted by atomic mass is 35.5. The SMILES string of the molecule is ClC[C@H]1CO[C@@H](c2ccoc2)O1. The Balaban J connectivity index is 2.00. The van der Waals surface area contributed by atoms with Crippen molar-refractivity contribution in [1.82, 2.24) is 0 Å². The van der Waals surface area contributed by atoms with Crippen LogP contribution in [0.3, 0.4) is 0 Å². The Bertz CT molecular complexity index is 234. The Morgan fingerprint density at radius 2 is 2.50 bits per heavy atom. The van der Waals surface area contributed by atoms with E-state index < -0.39 is 0 Å². The fraction of sp³-hybridized carbons (Fsp3) is 0.500. The maximum Gasteiger partial charge on any atom is 0.187 e. The second-order valence-electron chi connectivity index (χ2n) is 2.63. The van der Waals surface area contributed by atoms with Gasteiger partial charge in [-0.3, -0.25) is 0 Å². The Labute approximate surface area is 75.2 Å². The molecule has 0 aliphatic carbocycles. The molecule has 0 saturated carbocycles. The third-order valence-corrected chi connectivity index (χ3v) is 2.08. The van der Waals surface area contributed by atoms with E-state index in [2.05, 4.69) is 0 Å². The summed E-state index contributed by atoms with van der Waals surface area (Å²) in [6.07, 6.45) is 2.91. The van der Waals surface area contributed by atoms with Crippen LogP contribution in [0.5, 0.6) is 0 Å². The number of alkyl halides is 1. The molecule has 1 aliphatic heterocycles. The van der Waals surface area contributed by atoms with Gasteiger partial charge in [-0.15, -0.1) is 11.6 Å². The summed E-state index contributed by atoms with van der Waals surface area (Å²) in [5.74, 6) is 0.467. The first-order valence-electron chi connectivity index (χ1n) is 3.75. The van der Waals surface area contributed by atoms with Gasteiger partial charge in [-0.05, 0) is 6.07 Å². The zero-order chi connectivity index (χ0) is 8.39. The molecule has 1 aromatic heterocycles. The van der Waals surface area contributed by atoms with Crippen molar-refractivity contribution in [3.05, 3.63) is 24.2 Å². The van der Waals surface area contributed by atoms with Gasteiger partial charge in [0.1, 0.15) is 0 Å². The minimum atomic E-state index is -0.299. The van der Waals surface area contributed by atoms with Crippen molar-refractivity contribution in [3.63, 3.8) is 0 Å². The van der Waals surface area contributed by atoms with Gasteiger partial charge < -0.3 is 13.9 Å². The highest BCUT2D eigenvalue weighted by Crippen LogP contribution is 2.27. The second-order valence-corrected chi connectivity index (χ2v) is 2.94. The predicted molar refractivity (Wildman–Crippen MR) is 43.0 cm³/mol. The summed E-state index contributed by atoms with van der Waals surface area (Å²) in [5.41, 5.74) is 0.905. The van der Waals surface area contributed by atoms with Crippen molar-refractivity contribution in [3.8, 4) is 0 Å². The number of halogens is 1. The van der Waals surface area contributed by atoms with Crippen LogP contribution in [0, 0.1) is 0 Å². The number of hydrogen-bond donors (Lipinski definition) is 0. The highest BCUT2D eigenvalue weighted by Gasteiger charge is 2.26. The smallest absolute Gasteiger partial charge is 0.187 e. The van der Waals surface area contributed by atoms with Gasteiger partial charge in [0.2, 0.25) is 0 Å². The average molecular weight is 189 g/mol. The molecule has 0 spiro atoms. The van der Waals surface area contributed by atoms with Gasteiger partial charge in [0.25, 0.3) is 0 Å². The molecule has 66 valence electrons. The van der Waals surface area contributed by atoms with E-state index in [4.69, 9.17) is 25.5 Å². The summed E-state index contributed by atoms with van der Waals surface area (Å²) in [6, 6.07) is 1.82. The molecule has 1 aliphatic rings. The first-order valence-corrected chi connectivity index (χ1v) is 4.28. The molecule has 3 nitrogen and oxygen atoms in total. The Hall–Kier alpha value is -0.510. The lowest BCUT2D eigenvalue weighted by atomic mass is 10.3. The minimum Gasteiger partial charge on any atom is -0.472 e. The number of hydrogen-bond acceptors (Lipinski definition) is 3. The lowest BCUT2D eigenvalue weighted by Gasteiger charge is -2.06. The largest absolute Gasteiger partial charge is 0.472 e. The van der Waals surface area contributed by atoms with Crippen molar-refractivity contribution < 1.29 is 13.9 Å². The fourth-order valence-electron chi connectivity index (χ4n) is 1.11. The van der Waals surface area contributed by atoms with E-state index in [9.17, 15) is 0 Å². The molecule has 0 unspecified atom stereocenters. The summed E-state index contributed by atoms with van der Waals surface area (Å²) in [7, 11) is 0. The van der Waals surface area contributed by atoms with E-state index in [0.717, 1.165) is 5.56 Å². The van der Waals surface area contributed by atoms with Crippen LogP contribution in [-0.4, -0.2) is 18.6 Å². The summed E-state index contributed by atoms with van der Waals surface area (Å²) >= 11 is 5.61. The molecular formula is C8H9ClO3. The Morgan fingerprint density at radius 1 is 1.58 bits per heavy atom. The first-order chi connectivity index (χ1) is 5.90. The van der Waals surface area contributed by atoms with E-state index in [1.165, 1.54) is 0 Å². The van der Waals surface area contributed by atoms with Gasteiger partial charge in [-0.2, -0.15) is 0 Å². The molecule has 1 saturated heterocycles. The molecule has 1 fully saturated rings. The number of furan rings is 1. The van der Waals surface area contributed by atoms with Gasteiger partial charge in [-0.1, -0.05) is 0 Å². The molecule has 0 aromatic carbocycles. The first kappa shape index (κ1) is 8.10. The standard InChI is InChI=1S/C8H9ClO3/c9-3-7-5-11-8(12-7)6-1-2-10-4-6/h1-2,4,7-8H,3,5H2/t7-,8+/m0/s1. The monoisotopic (exact) mass is 188 g/mol. The van der Waals surface area contributed by atoms with Crippen LogP contribution < -0.4 is 0 Å². The van der Waals surface area contributed by atoms with Crippen molar-refractivity contribution >= 4 is 11.6 Å². The Morgan fingerprint density at radius 3 is 3.08 bits per heavy atom. The summed E-state index contributed by atoms with van der Waals surface area (Å²) < 4.78 is 15.7. The van der Waals surface area contributed by atoms with Crippen molar-refractivity contribution in [1.29, 1.82) is 0 Å². The third kappa shape index (κ3) is 1.48. The molecule has 2 rings (SSSR count). The second kappa shape index (κ2) is 3.47. The predicted octanol–water partition coefficient (Wildman–Crippen LogP) is 1.93. The van der Waals surface area contributed by atoms with E-state index in [0.29, 0.717) is 12.5 Å². The normalized spacial score (nSPS) is 29.4. The van der Waals surface area contributed by atoms with E-state index in [1.54, 1.807) is 12.5 Å². The fourth-order valence-corrected chi connectivity index (χ4v) is 1.27. The maximum atomic E-state index is 5.61. The van der Waals surface area contributed by atoms with Gasteiger partial charge in [0.05, 0.1) is 31.1 Å². The van der Waals surface area contributed by atoms with Crippen molar-refractivity contribution in [2.45, 2.75) is 12.4 Å². The van der Waals surface area contributed by atoms with Crippen LogP contribution in [0.4, 0.5) is 0 Å². The maximum absolute atomic E-state index is 5.61. The van der Waals surface area contributed by atoms with E-state index >= 15 is 0 Å². The Kier molecular flexibility index (Phi) is 2.35. The summed E-state index contributed by atoms with van der Waals surface area (Å²) in [4.78, 5) is 0. The van der Waals surface area contributed by atoms with Gasteiger partial charge in [0, 0.05) is 5.56 Å². The van der Waals surface area contributed by atoms with Crippen LogP contribution in [0.25, 0.3) is 0 Å². The molecule has 0 radical (unpaired) electrons. The molecule has 12 heavy (non-hydrogen) atoms. The zero-order valence-corrected chi connectivity index (χ0v) is 7.16. The van der Waals surface area contributed by atoms with Gasteiger partial charge >= 0.3 is 0 Å². The van der Waals surface area contributed by atoms with Crippen molar-refractivity contribution in [2.24, 2.45) is 0 Å². The summed E-state index contributed by atoms with van der Waals surface area (Å²) in [5, 5.41) is 0. The minimum absolute atomic E-state index is 0.00608. The lowest BCUT2D eigenvalue weighted by molar-refractivity contribution is -0.0570. The molecule has 2 atom stereocenters. The van der Waals surface area contributed by atoms with Crippen LogP contribution in [-0.2, 0) is 9.47 Å². The molecule has 0 amide bonds. The molecular weight excluding hydrogens is 180 g/mol. The van der Waals surface area contributed by atoms with E-state index in [-0.39, 0.29) is 12.4 Å². The lowest BCUT2D eigenvalue weighted by Crippen LogP contribution is -2.10.